The van der Waals surface area contributed by atoms with Crippen molar-refractivity contribution < 1.29 is 9.59 Å². The van der Waals surface area contributed by atoms with Crippen molar-refractivity contribution in [1.82, 2.24) is 0 Å². The van der Waals surface area contributed by atoms with Crippen molar-refractivity contribution in [3.8, 4) is 0 Å². The first-order chi connectivity index (χ1) is 7.26. The van der Waals surface area contributed by atoms with E-state index in [9.17, 15) is 9.59 Å². The summed E-state index contributed by atoms with van der Waals surface area (Å²) in [5.41, 5.74) is 1.80. The van der Waals surface area contributed by atoms with E-state index in [4.69, 9.17) is 0 Å². The van der Waals surface area contributed by atoms with Gasteiger partial charge in [0.1, 0.15) is 12.1 Å². The maximum Gasteiger partial charge on any atom is 0.150 e. The minimum absolute atomic E-state index is 0.317. The fourth-order valence-electron chi connectivity index (χ4n) is 1.45. The van der Waals surface area contributed by atoms with Gasteiger partial charge in [-0.15, -0.1) is 0 Å². The summed E-state index contributed by atoms with van der Waals surface area (Å²) in [5.74, 6) is 0.317. The molecule has 1 rings (SSSR count). The Morgan fingerprint density at radius 3 is 2.40 bits per heavy atom. The molecule has 80 valence electrons. The lowest BCUT2D eigenvalue weighted by atomic mass is 10.0. The van der Waals surface area contributed by atoms with Crippen LogP contribution >= 0.6 is 0 Å². The van der Waals surface area contributed by atoms with E-state index in [1.807, 2.05) is 19.1 Å². The van der Waals surface area contributed by atoms with Crippen molar-refractivity contribution in [2.24, 2.45) is 0 Å². The maximum absolute atomic E-state index is 11.3. The molecule has 0 bridgehead atoms. The standard InChI is InChI=1S/C13H16O2/c1-2-3-13(15)9-8-11-4-6-12(10-14)7-5-11/h4-7,10H,2-3,8-9H2,1H3. The summed E-state index contributed by atoms with van der Waals surface area (Å²) in [6.45, 7) is 2.01. The van der Waals surface area contributed by atoms with Gasteiger partial charge in [0.25, 0.3) is 0 Å². The Kier molecular flexibility index (Phi) is 4.75. The molecule has 0 atom stereocenters. The number of aryl methyl sites for hydroxylation is 1. The molecule has 0 aromatic heterocycles. The number of carbonyl (C=O) groups excluding carboxylic acids is 2. The minimum Gasteiger partial charge on any atom is -0.300 e. The Labute approximate surface area is 90.3 Å². The summed E-state index contributed by atoms with van der Waals surface area (Å²) < 4.78 is 0. The van der Waals surface area contributed by atoms with Gasteiger partial charge in [0.2, 0.25) is 0 Å². The van der Waals surface area contributed by atoms with Crippen LogP contribution in [-0.4, -0.2) is 12.1 Å². The highest BCUT2D eigenvalue weighted by atomic mass is 16.1. The van der Waals surface area contributed by atoms with Crippen LogP contribution in [-0.2, 0) is 11.2 Å². The average molecular weight is 204 g/mol. The molecule has 0 heterocycles. The minimum atomic E-state index is 0.317. The normalized spacial score (nSPS) is 9.93. The average Bonchev–Trinajstić information content (AvgIpc) is 2.27. The van der Waals surface area contributed by atoms with E-state index < -0.39 is 0 Å². The third-order valence-electron chi connectivity index (χ3n) is 2.34. The summed E-state index contributed by atoms with van der Waals surface area (Å²) in [6, 6.07) is 7.38. The van der Waals surface area contributed by atoms with Crippen LogP contribution in [0.5, 0.6) is 0 Å². The van der Waals surface area contributed by atoms with Crippen LogP contribution in [0, 0.1) is 0 Å². The summed E-state index contributed by atoms with van der Waals surface area (Å²) in [7, 11) is 0. The van der Waals surface area contributed by atoms with Gasteiger partial charge in [-0.25, -0.2) is 0 Å². The van der Waals surface area contributed by atoms with Crippen LogP contribution in [0.2, 0.25) is 0 Å². The van der Waals surface area contributed by atoms with Gasteiger partial charge < -0.3 is 0 Å². The van der Waals surface area contributed by atoms with E-state index in [-0.39, 0.29) is 0 Å². The van der Waals surface area contributed by atoms with Gasteiger partial charge in [-0.05, 0) is 18.4 Å². The topological polar surface area (TPSA) is 34.1 Å². The molecule has 0 amide bonds. The highest BCUT2D eigenvalue weighted by molar-refractivity contribution is 5.78. The monoisotopic (exact) mass is 204 g/mol. The molecule has 0 saturated carbocycles. The number of hydrogen-bond donors (Lipinski definition) is 0. The lowest BCUT2D eigenvalue weighted by Crippen LogP contribution is -1.99. The molecular formula is C13H16O2. The number of carbonyl (C=O) groups is 2. The Morgan fingerprint density at radius 1 is 1.20 bits per heavy atom. The van der Waals surface area contributed by atoms with Gasteiger partial charge in [-0.3, -0.25) is 9.59 Å². The Hall–Kier alpha value is -1.44. The molecular weight excluding hydrogens is 188 g/mol. The zero-order valence-electron chi connectivity index (χ0n) is 9.03. The number of hydrogen-bond acceptors (Lipinski definition) is 2. The molecule has 2 nitrogen and oxygen atoms in total. The summed E-state index contributed by atoms with van der Waals surface area (Å²) >= 11 is 0. The van der Waals surface area contributed by atoms with E-state index >= 15 is 0 Å². The van der Waals surface area contributed by atoms with Gasteiger partial charge in [0.15, 0.2) is 0 Å². The van der Waals surface area contributed by atoms with Crippen LogP contribution in [0.1, 0.15) is 42.1 Å². The molecule has 0 radical (unpaired) electrons. The number of rotatable bonds is 6. The number of Topliss-reactive ketones (excluding diaryl/α,β-unsaturated/α-hetero) is 1. The molecule has 0 aliphatic rings. The Balaban J connectivity index is 2.44. The quantitative estimate of drug-likeness (QED) is 0.668. The first-order valence-electron chi connectivity index (χ1n) is 5.32. The molecule has 0 aliphatic heterocycles. The van der Waals surface area contributed by atoms with Gasteiger partial charge in [-0.1, -0.05) is 31.2 Å². The summed E-state index contributed by atoms with van der Waals surface area (Å²) in [6.07, 6.45) is 3.80. The van der Waals surface area contributed by atoms with E-state index in [1.54, 1.807) is 12.1 Å². The van der Waals surface area contributed by atoms with Crippen LogP contribution in [0.3, 0.4) is 0 Å². The van der Waals surface area contributed by atoms with Crippen LogP contribution < -0.4 is 0 Å². The molecule has 0 fully saturated rings. The predicted molar refractivity (Wildman–Crippen MR) is 60.1 cm³/mol. The smallest absolute Gasteiger partial charge is 0.150 e. The highest BCUT2D eigenvalue weighted by Crippen LogP contribution is 2.07. The Bertz CT molecular complexity index is 325. The molecule has 1 aromatic rings. The van der Waals surface area contributed by atoms with Crippen LogP contribution in [0.4, 0.5) is 0 Å². The molecule has 1 aromatic carbocycles. The van der Waals surface area contributed by atoms with Gasteiger partial charge in [0.05, 0.1) is 0 Å². The maximum atomic E-state index is 11.3. The fraction of sp³-hybridized carbons (Fsp3) is 0.385. The highest BCUT2D eigenvalue weighted by Gasteiger charge is 2.01. The van der Waals surface area contributed by atoms with Gasteiger partial charge in [-0.2, -0.15) is 0 Å². The second-order valence-corrected chi connectivity index (χ2v) is 3.65. The number of benzene rings is 1. The summed E-state index contributed by atoms with van der Waals surface area (Å²) in [4.78, 5) is 21.7. The zero-order valence-corrected chi connectivity index (χ0v) is 9.03. The largest absolute Gasteiger partial charge is 0.300 e. The second kappa shape index (κ2) is 6.12. The fourth-order valence-corrected chi connectivity index (χ4v) is 1.45. The molecule has 2 heteroatoms. The van der Waals surface area contributed by atoms with Crippen molar-refractivity contribution >= 4 is 12.1 Å². The predicted octanol–water partition coefficient (Wildman–Crippen LogP) is 2.80. The number of aldehydes is 1. The van der Waals surface area contributed by atoms with Crippen molar-refractivity contribution in [3.63, 3.8) is 0 Å². The third kappa shape index (κ3) is 4.07. The Morgan fingerprint density at radius 2 is 1.87 bits per heavy atom. The van der Waals surface area contributed by atoms with E-state index in [0.29, 0.717) is 24.2 Å². The molecule has 0 saturated heterocycles. The van der Waals surface area contributed by atoms with E-state index in [0.717, 1.165) is 24.7 Å². The molecule has 15 heavy (non-hydrogen) atoms. The molecule has 0 spiro atoms. The summed E-state index contributed by atoms with van der Waals surface area (Å²) in [5, 5.41) is 0. The number of ketones is 1. The molecule has 0 unspecified atom stereocenters. The molecule has 0 N–H and O–H groups in total. The van der Waals surface area contributed by atoms with Crippen molar-refractivity contribution in [2.75, 3.05) is 0 Å². The second-order valence-electron chi connectivity index (χ2n) is 3.65. The SMILES string of the molecule is CCCC(=O)CCc1ccc(C=O)cc1. The van der Waals surface area contributed by atoms with Crippen LogP contribution in [0.15, 0.2) is 24.3 Å². The zero-order chi connectivity index (χ0) is 11.1. The van der Waals surface area contributed by atoms with Gasteiger partial charge >= 0.3 is 0 Å². The van der Waals surface area contributed by atoms with Crippen molar-refractivity contribution in [2.45, 2.75) is 32.6 Å². The lowest BCUT2D eigenvalue weighted by molar-refractivity contribution is -0.119. The van der Waals surface area contributed by atoms with Crippen molar-refractivity contribution in [1.29, 1.82) is 0 Å². The van der Waals surface area contributed by atoms with Crippen molar-refractivity contribution in [3.05, 3.63) is 35.4 Å². The first-order valence-corrected chi connectivity index (χ1v) is 5.32. The van der Waals surface area contributed by atoms with Gasteiger partial charge in [0, 0.05) is 18.4 Å². The van der Waals surface area contributed by atoms with E-state index in [2.05, 4.69) is 0 Å². The lowest BCUT2D eigenvalue weighted by Gasteiger charge is -2.00. The first kappa shape index (κ1) is 11.6. The van der Waals surface area contributed by atoms with E-state index in [1.165, 1.54) is 0 Å². The molecule has 0 aliphatic carbocycles. The van der Waals surface area contributed by atoms with Crippen LogP contribution in [0.25, 0.3) is 0 Å². The third-order valence-corrected chi connectivity index (χ3v) is 2.34.